The van der Waals surface area contributed by atoms with Gasteiger partial charge >= 0.3 is 5.91 Å². The zero-order valence-electron chi connectivity index (χ0n) is 13.4. The number of amides is 1. The monoisotopic (exact) mass is 363 g/mol. The van der Waals surface area contributed by atoms with E-state index < -0.39 is 17.7 Å². The van der Waals surface area contributed by atoms with Crippen LogP contribution < -0.4 is 4.90 Å². The van der Waals surface area contributed by atoms with Gasteiger partial charge in [0.25, 0.3) is 5.78 Å². The molecule has 7 heteroatoms. The van der Waals surface area contributed by atoms with Gasteiger partial charge in [-0.1, -0.05) is 30.3 Å². The molecule has 3 heterocycles. The van der Waals surface area contributed by atoms with E-state index in [0.29, 0.717) is 10.7 Å². The Hall–Kier alpha value is -3.32. The van der Waals surface area contributed by atoms with Crippen LogP contribution in [0.5, 0.6) is 0 Å². The first-order valence-corrected chi connectivity index (χ1v) is 8.72. The molecule has 128 valence electrons. The van der Waals surface area contributed by atoms with Crippen molar-refractivity contribution in [2.75, 3.05) is 4.90 Å². The fourth-order valence-corrected chi connectivity index (χ4v) is 3.65. The van der Waals surface area contributed by atoms with Gasteiger partial charge in [0, 0.05) is 29.5 Å². The standard InChI is InChI=1S/C19H13N3O3S/c23-16(13-6-8-20-9-7-13)14-15(12-4-2-1-3-5-12)22(18(25)17(14)24)19-21-10-11-26-19/h1-11,15,23H/b16-14+. The molecule has 1 saturated heterocycles. The molecule has 1 fully saturated rings. The number of thiazole rings is 1. The van der Waals surface area contributed by atoms with Crippen LogP contribution in [0.3, 0.4) is 0 Å². The number of rotatable bonds is 3. The lowest BCUT2D eigenvalue weighted by molar-refractivity contribution is -0.132. The summed E-state index contributed by atoms with van der Waals surface area (Å²) in [6, 6.07) is 11.6. The number of carbonyl (C=O) groups is 2. The molecule has 1 amide bonds. The highest BCUT2D eigenvalue weighted by Crippen LogP contribution is 2.42. The van der Waals surface area contributed by atoms with Crippen LogP contribution >= 0.6 is 11.3 Å². The second-order valence-corrected chi connectivity index (χ2v) is 6.50. The Morgan fingerprint density at radius 3 is 2.42 bits per heavy atom. The molecule has 0 aliphatic carbocycles. The summed E-state index contributed by atoms with van der Waals surface area (Å²) >= 11 is 1.26. The summed E-state index contributed by atoms with van der Waals surface area (Å²) in [5.74, 6) is -1.66. The molecule has 1 aliphatic rings. The summed E-state index contributed by atoms with van der Waals surface area (Å²) in [6.45, 7) is 0. The third-order valence-electron chi connectivity index (χ3n) is 4.14. The summed E-state index contributed by atoms with van der Waals surface area (Å²) in [5, 5.41) is 12.9. The number of aromatic nitrogens is 2. The average molecular weight is 363 g/mol. The lowest BCUT2D eigenvalue weighted by Gasteiger charge is -2.22. The summed E-state index contributed by atoms with van der Waals surface area (Å²) in [5.41, 5.74) is 1.19. The molecule has 0 spiro atoms. The van der Waals surface area contributed by atoms with Gasteiger partial charge < -0.3 is 5.11 Å². The van der Waals surface area contributed by atoms with Gasteiger partial charge in [0.15, 0.2) is 5.13 Å². The molecule has 1 aliphatic heterocycles. The van der Waals surface area contributed by atoms with Crippen molar-refractivity contribution < 1.29 is 14.7 Å². The number of aliphatic hydroxyl groups excluding tert-OH is 1. The highest BCUT2D eigenvalue weighted by atomic mass is 32.1. The van der Waals surface area contributed by atoms with Gasteiger partial charge in [-0.25, -0.2) is 4.98 Å². The van der Waals surface area contributed by atoms with Crippen molar-refractivity contribution in [1.29, 1.82) is 0 Å². The minimum absolute atomic E-state index is 0.0441. The fraction of sp³-hybridized carbons (Fsp3) is 0.0526. The number of nitrogens with zero attached hydrogens (tertiary/aromatic N) is 3. The van der Waals surface area contributed by atoms with Crippen molar-refractivity contribution in [3.8, 4) is 0 Å². The van der Waals surface area contributed by atoms with Crippen LogP contribution in [0.4, 0.5) is 5.13 Å². The van der Waals surface area contributed by atoms with Gasteiger partial charge in [-0.05, 0) is 17.7 Å². The molecule has 1 atom stereocenters. The smallest absolute Gasteiger partial charge is 0.301 e. The Morgan fingerprint density at radius 1 is 1.04 bits per heavy atom. The predicted octanol–water partition coefficient (Wildman–Crippen LogP) is 3.16. The van der Waals surface area contributed by atoms with Crippen LogP contribution in [0.25, 0.3) is 5.76 Å². The van der Waals surface area contributed by atoms with E-state index in [1.807, 2.05) is 30.3 Å². The Morgan fingerprint density at radius 2 is 1.77 bits per heavy atom. The van der Waals surface area contributed by atoms with Gasteiger partial charge in [0.2, 0.25) is 0 Å². The molecule has 26 heavy (non-hydrogen) atoms. The van der Waals surface area contributed by atoms with E-state index in [1.165, 1.54) is 28.6 Å². The number of pyridine rings is 1. The molecule has 4 rings (SSSR count). The van der Waals surface area contributed by atoms with Gasteiger partial charge in [0.1, 0.15) is 5.76 Å². The molecule has 0 saturated carbocycles. The van der Waals surface area contributed by atoms with E-state index in [0.717, 1.165) is 5.56 Å². The number of benzene rings is 1. The molecular weight excluding hydrogens is 350 g/mol. The first-order valence-electron chi connectivity index (χ1n) is 7.84. The normalized spacial score (nSPS) is 19.1. The lowest BCUT2D eigenvalue weighted by atomic mass is 9.96. The van der Waals surface area contributed by atoms with E-state index in [1.54, 1.807) is 23.7 Å². The topological polar surface area (TPSA) is 83.4 Å². The first kappa shape index (κ1) is 16.2. The minimum atomic E-state index is -0.740. The average Bonchev–Trinajstić information content (AvgIpc) is 3.30. The van der Waals surface area contributed by atoms with E-state index in [9.17, 15) is 14.7 Å². The van der Waals surface area contributed by atoms with Crippen molar-refractivity contribution in [2.24, 2.45) is 0 Å². The fourth-order valence-electron chi connectivity index (χ4n) is 2.98. The van der Waals surface area contributed by atoms with E-state index in [2.05, 4.69) is 9.97 Å². The Balaban J connectivity index is 1.95. The highest BCUT2D eigenvalue weighted by molar-refractivity contribution is 7.14. The third kappa shape index (κ3) is 2.58. The maximum Gasteiger partial charge on any atom is 0.301 e. The molecule has 1 N–H and O–H groups in total. The highest BCUT2D eigenvalue weighted by Gasteiger charge is 2.47. The first-order chi connectivity index (χ1) is 12.7. The third-order valence-corrected chi connectivity index (χ3v) is 4.91. The van der Waals surface area contributed by atoms with Gasteiger partial charge in [-0.15, -0.1) is 11.3 Å². The van der Waals surface area contributed by atoms with E-state index in [-0.39, 0.29) is 11.3 Å². The zero-order valence-corrected chi connectivity index (χ0v) is 14.3. The Bertz CT molecular complexity index is 985. The van der Waals surface area contributed by atoms with Crippen LogP contribution in [0, 0.1) is 0 Å². The van der Waals surface area contributed by atoms with Crippen LogP contribution in [-0.4, -0.2) is 26.8 Å². The maximum atomic E-state index is 12.8. The van der Waals surface area contributed by atoms with Crippen molar-refractivity contribution >= 4 is 33.9 Å². The molecule has 6 nitrogen and oxygen atoms in total. The number of hydrogen-bond donors (Lipinski definition) is 1. The summed E-state index contributed by atoms with van der Waals surface area (Å²) < 4.78 is 0. The Labute approximate surface area is 153 Å². The largest absolute Gasteiger partial charge is 0.507 e. The number of anilines is 1. The quantitative estimate of drug-likeness (QED) is 0.439. The molecule has 1 unspecified atom stereocenters. The predicted molar refractivity (Wildman–Crippen MR) is 97.6 cm³/mol. The van der Waals surface area contributed by atoms with Crippen LogP contribution in [0.1, 0.15) is 17.2 Å². The van der Waals surface area contributed by atoms with Crippen molar-refractivity contribution in [3.63, 3.8) is 0 Å². The maximum absolute atomic E-state index is 12.8. The van der Waals surface area contributed by atoms with Crippen LogP contribution in [0.2, 0.25) is 0 Å². The minimum Gasteiger partial charge on any atom is -0.507 e. The summed E-state index contributed by atoms with van der Waals surface area (Å²) in [6.07, 6.45) is 4.61. The van der Waals surface area contributed by atoms with Crippen LogP contribution in [0.15, 0.2) is 72.0 Å². The van der Waals surface area contributed by atoms with E-state index >= 15 is 0 Å². The van der Waals surface area contributed by atoms with Crippen molar-refractivity contribution in [1.82, 2.24) is 9.97 Å². The summed E-state index contributed by atoms with van der Waals surface area (Å²) in [7, 11) is 0. The molecule has 3 aromatic rings. The lowest BCUT2D eigenvalue weighted by Crippen LogP contribution is -2.29. The van der Waals surface area contributed by atoms with Gasteiger partial charge in [-0.3, -0.25) is 19.5 Å². The molecule has 1 aromatic carbocycles. The number of Topliss-reactive ketones (excluding diaryl/α,β-unsaturated/α-hetero) is 1. The molecule has 0 radical (unpaired) electrons. The number of hydrogen-bond acceptors (Lipinski definition) is 6. The summed E-state index contributed by atoms with van der Waals surface area (Å²) in [4.78, 5) is 34.9. The number of aliphatic hydroxyl groups is 1. The van der Waals surface area contributed by atoms with Gasteiger partial charge in [0.05, 0.1) is 11.6 Å². The van der Waals surface area contributed by atoms with Crippen molar-refractivity contribution in [2.45, 2.75) is 6.04 Å². The van der Waals surface area contributed by atoms with E-state index in [4.69, 9.17) is 0 Å². The SMILES string of the molecule is O=C1C(=O)N(c2nccs2)C(c2ccccc2)/C1=C(\O)c1ccncc1. The molecule has 2 aromatic heterocycles. The Kier molecular flexibility index (Phi) is 4.06. The van der Waals surface area contributed by atoms with Crippen LogP contribution in [-0.2, 0) is 9.59 Å². The second kappa shape index (κ2) is 6.53. The molecule has 0 bridgehead atoms. The molecular formula is C19H13N3O3S. The zero-order chi connectivity index (χ0) is 18.1. The van der Waals surface area contributed by atoms with Crippen molar-refractivity contribution in [3.05, 3.63) is 83.1 Å². The van der Waals surface area contributed by atoms with Gasteiger partial charge in [-0.2, -0.15) is 0 Å². The number of carbonyl (C=O) groups excluding carboxylic acids is 2. The second-order valence-electron chi connectivity index (χ2n) is 5.63. The number of ketones is 1.